The minimum absolute atomic E-state index is 0.299. The molecular weight excluding hydrogens is 510 g/mol. The molecule has 2 aromatic carbocycles. The van der Waals surface area contributed by atoms with Crippen molar-refractivity contribution in [2.45, 2.75) is 52.9 Å². The van der Waals surface area contributed by atoms with Gasteiger partial charge in [0.1, 0.15) is 5.82 Å². The number of benzene rings is 2. The molecule has 0 spiro atoms. The van der Waals surface area contributed by atoms with Crippen LogP contribution in [0.2, 0.25) is 0 Å². The van der Waals surface area contributed by atoms with E-state index < -0.39 is 0 Å². The van der Waals surface area contributed by atoms with Crippen molar-refractivity contribution >= 4 is 27.4 Å². The summed E-state index contributed by atoms with van der Waals surface area (Å²) >= 11 is 3.58. The first-order valence-electron chi connectivity index (χ1n) is 12.8. The molecule has 0 fully saturated rings. The van der Waals surface area contributed by atoms with Gasteiger partial charge in [-0.05, 0) is 46.8 Å². The highest BCUT2D eigenvalue weighted by atomic mass is 79.9. The molecule has 0 bridgehead atoms. The Morgan fingerprint density at radius 2 is 1.69 bits per heavy atom. The van der Waals surface area contributed by atoms with Crippen molar-refractivity contribution in [2.75, 3.05) is 18.4 Å². The van der Waals surface area contributed by atoms with Crippen LogP contribution in [0.5, 0.6) is 0 Å². The number of nitrogens with zero attached hydrogens (tertiary/aromatic N) is 3. The van der Waals surface area contributed by atoms with Crippen LogP contribution < -0.4 is 10.6 Å². The lowest BCUT2D eigenvalue weighted by atomic mass is 9.98. The molecule has 0 aliphatic rings. The summed E-state index contributed by atoms with van der Waals surface area (Å²) in [5, 5.41) is 11.5. The fourth-order valence-electron chi connectivity index (χ4n) is 3.87. The summed E-state index contributed by atoms with van der Waals surface area (Å²) in [6.45, 7) is 14.5. The third-order valence-corrected chi connectivity index (χ3v) is 6.49. The summed E-state index contributed by atoms with van der Waals surface area (Å²) in [5.74, 6) is 1.24. The molecule has 1 unspecified atom stereocenters. The van der Waals surface area contributed by atoms with Gasteiger partial charge in [-0.15, -0.1) is 0 Å². The van der Waals surface area contributed by atoms with E-state index in [1.165, 1.54) is 17.5 Å². The summed E-state index contributed by atoms with van der Waals surface area (Å²) in [7, 11) is 0. The third kappa shape index (κ3) is 7.20. The van der Waals surface area contributed by atoms with Gasteiger partial charge in [0.05, 0.1) is 16.4 Å². The van der Waals surface area contributed by atoms with Crippen LogP contribution in [-0.2, 0) is 0 Å². The van der Waals surface area contributed by atoms with Crippen molar-refractivity contribution in [3.8, 4) is 11.3 Å². The molecule has 2 heterocycles. The van der Waals surface area contributed by atoms with Gasteiger partial charge in [-0.2, -0.15) is 9.61 Å². The summed E-state index contributed by atoms with van der Waals surface area (Å²) in [5.41, 5.74) is 6.43. The zero-order chi connectivity index (χ0) is 25.9. The summed E-state index contributed by atoms with van der Waals surface area (Å²) in [6.07, 6.45) is 5.12. The topological polar surface area (TPSA) is 54.2 Å². The molecule has 190 valence electrons. The zero-order valence-electron chi connectivity index (χ0n) is 21.9. The lowest BCUT2D eigenvalue weighted by molar-refractivity contribution is 0.659. The van der Waals surface area contributed by atoms with Crippen LogP contribution in [0.1, 0.15) is 57.1 Å². The van der Waals surface area contributed by atoms with Crippen LogP contribution >= 0.6 is 15.9 Å². The number of anilines is 1. The van der Waals surface area contributed by atoms with E-state index in [2.05, 4.69) is 114 Å². The van der Waals surface area contributed by atoms with E-state index in [0.717, 1.165) is 58.8 Å². The van der Waals surface area contributed by atoms with Crippen LogP contribution in [-0.4, -0.2) is 27.7 Å². The number of hydrogen-bond acceptors (Lipinski definition) is 4. The highest BCUT2D eigenvalue weighted by Crippen LogP contribution is 2.27. The van der Waals surface area contributed by atoms with Crippen molar-refractivity contribution in [1.82, 2.24) is 19.9 Å². The molecule has 2 aromatic heterocycles. The van der Waals surface area contributed by atoms with Crippen molar-refractivity contribution in [3.05, 3.63) is 94.7 Å². The van der Waals surface area contributed by atoms with Crippen LogP contribution in [0.15, 0.2) is 83.6 Å². The lowest BCUT2D eigenvalue weighted by Crippen LogP contribution is -2.19. The monoisotopic (exact) mass is 547 g/mol. The van der Waals surface area contributed by atoms with E-state index in [-0.39, 0.29) is 0 Å². The normalized spacial score (nSPS) is 11.5. The summed E-state index contributed by atoms with van der Waals surface area (Å²) in [4.78, 5) is 4.84. The molecular formula is C30H38BrN5. The maximum Gasteiger partial charge on any atom is 0.172 e. The number of fused-ring (bicyclic) bond motifs is 1. The quantitative estimate of drug-likeness (QED) is 0.197. The Morgan fingerprint density at radius 3 is 2.42 bits per heavy atom. The van der Waals surface area contributed by atoms with Gasteiger partial charge in [-0.3, -0.25) is 0 Å². The molecule has 0 saturated heterocycles. The van der Waals surface area contributed by atoms with Gasteiger partial charge in [0.2, 0.25) is 0 Å². The number of rotatable bonds is 10. The Bertz CT molecular complexity index is 1250. The average Bonchev–Trinajstić information content (AvgIpc) is 3.27. The van der Waals surface area contributed by atoms with Crippen LogP contribution in [0.4, 0.5) is 5.82 Å². The number of unbranched alkanes of at least 4 members (excludes halogenated alkanes) is 1. The first-order valence-corrected chi connectivity index (χ1v) is 13.6. The van der Waals surface area contributed by atoms with Crippen molar-refractivity contribution in [2.24, 2.45) is 0 Å². The lowest BCUT2D eigenvalue weighted by Gasteiger charge is -2.17. The van der Waals surface area contributed by atoms with Gasteiger partial charge in [0, 0.05) is 36.3 Å². The molecule has 1 atom stereocenters. The van der Waals surface area contributed by atoms with Crippen molar-refractivity contribution in [1.29, 1.82) is 0 Å². The van der Waals surface area contributed by atoms with Crippen LogP contribution in [0.3, 0.4) is 0 Å². The molecule has 2 N–H and O–H groups in total. The molecule has 0 saturated carbocycles. The molecule has 4 aromatic rings. The fourth-order valence-corrected chi connectivity index (χ4v) is 4.22. The van der Waals surface area contributed by atoms with Crippen molar-refractivity contribution in [3.63, 3.8) is 0 Å². The molecule has 6 heteroatoms. The maximum absolute atomic E-state index is 4.84. The SMILES string of the molecule is C=C(NCCCCNc1cc(-c2ccccc2C)nc2c(Br)cnn12)C(C)c1ccccc1.CCC. The van der Waals surface area contributed by atoms with Gasteiger partial charge in [0.25, 0.3) is 0 Å². The second-order valence-electron chi connectivity index (χ2n) is 8.99. The Hall–Kier alpha value is -3.12. The largest absolute Gasteiger partial charge is 0.388 e. The number of allylic oxidation sites excluding steroid dienone is 1. The van der Waals surface area contributed by atoms with Gasteiger partial charge < -0.3 is 10.6 Å². The Balaban J connectivity index is 0.00000115. The summed E-state index contributed by atoms with van der Waals surface area (Å²) in [6, 6.07) is 20.9. The third-order valence-electron chi connectivity index (χ3n) is 5.93. The number of hydrogen-bond donors (Lipinski definition) is 2. The molecule has 36 heavy (non-hydrogen) atoms. The Kier molecular flexibility index (Phi) is 10.6. The van der Waals surface area contributed by atoms with E-state index in [9.17, 15) is 0 Å². The second kappa shape index (κ2) is 13.8. The molecule has 4 rings (SSSR count). The van der Waals surface area contributed by atoms with Gasteiger partial charge in [-0.1, -0.05) is 88.4 Å². The van der Waals surface area contributed by atoms with Gasteiger partial charge >= 0.3 is 0 Å². The highest BCUT2D eigenvalue weighted by Gasteiger charge is 2.12. The summed E-state index contributed by atoms with van der Waals surface area (Å²) < 4.78 is 2.74. The number of aryl methyl sites for hydroxylation is 1. The number of nitrogens with one attached hydrogen (secondary N) is 2. The first kappa shape index (κ1) is 27.5. The van der Waals surface area contributed by atoms with Crippen molar-refractivity contribution < 1.29 is 0 Å². The predicted molar refractivity (Wildman–Crippen MR) is 157 cm³/mol. The van der Waals surface area contributed by atoms with E-state index in [1.807, 2.05) is 16.6 Å². The van der Waals surface area contributed by atoms with Gasteiger partial charge in [0.15, 0.2) is 5.65 Å². The van der Waals surface area contributed by atoms with E-state index >= 15 is 0 Å². The average molecular weight is 549 g/mol. The molecule has 0 aliphatic heterocycles. The number of aromatic nitrogens is 3. The Morgan fingerprint density at radius 1 is 1.03 bits per heavy atom. The van der Waals surface area contributed by atoms with Crippen LogP contribution in [0, 0.1) is 6.92 Å². The minimum Gasteiger partial charge on any atom is -0.388 e. The molecule has 5 nitrogen and oxygen atoms in total. The minimum atomic E-state index is 0.299. The molecule has 0 amide bonds. The first-order chi connectivity index (χ1) is 17.5. The standard InChI is InChI=1S/C27H30BrN5.C3H8/c1-19-11-7-8-14-23(19)25-17-26(33-27(32-25)24(28)18-31-33)30-16-10-9-15-29-21(3)20(2)22-12-5-4-6-13-22;1-3-2/h4-8,11-14,17-18,20,29-30H,3,9-10,15-16H2,1-2H3;3H2,1-2H3. The second-order valence-corrected chi connectivity index (χ2v) is 9.85. The Labute approximate surface area is 224 Å². The van der Waals surface area contributed by atoms with Crippen LogP contribution in [0.25, 0.3) is 16.9 Å². The maximum atomic E-state index is 4.84. The predicted octanol–water partition coefficient (Wildman–Crippen LogP) is 7.98. The number of halogens is 1. The molecule has 0 aliphatic carbocycles. The fraction of sp³-hybridized carbons (Fsp3) is 0.333. The van der Waals surface area contributed by atoms with E-state index in [1.54, 1.807) is 6.20 Å². The smallest absolute Gasteiger partial charge is 0.172 e. The molecule has 0 radical (unpaired) electrons. The highest BCUT2D eigenvalue weighted by molar-refractivity contribution is 9.10. The van der Waals surface area contributed by atoms with E-state index in [4.69, 9.17) is 4.98 Å². The zero-order valence-corrected chi connectivity index (χ0v) is 23.5. The van der Waals surface area contributed by atoms with E-state index in [0.29, 0.717) is 5.92 Å². The van der Waals surface area contributed by atoms with Gasteiger partial charge in [-0.25, -0.2) is 4.98 Å².